The number of thiophene rings is 1. The third-order valence-corrected chi connectivity index (χ3v) is 2.68. The van der Waals surface area contributed by atoms with E-state index in [-0.39, 0.29) is 9.90 Å². The molecule has 0 aromatic carbocycles. The Morgan fingerprint density at radius 1 is 1.67 bits per heavy atom. The molecule has 0 spiro atoms. The molecule has 0 saturated carbocycles. The number of alkyl halides is 2. The molecule has 0 saturated heterocycles. The fraction of sp³-hybridized carbons (Fsp3) is 0.125. The number of hydrogen-bond acceptors (Lipinski definition) is 1. The van der Waals surface area contributed by atoms with Gasteiger partial charge < -0.3 is 0 Å². The molecule has 0 atom stereocenters. The van der Waals surface area contributed by atoms with E-state index >= 15 is 0 Å². The van der Waals surface area contributed by atoms with Crippen LogP contribution in [0, 0.1) is 18.8 Å². The zero-order valence-corrected chi connectivity index (χ0v) is 7.42. The number of halogens is 3. The summed E-state index contributed by atoms with van der Waals surface area (Å²) in [5, 5.41) is 0.285. The molecule has 0 N–H and O–H groups in total. The van der Waals surface area contributed by atoms with Crippen molar-refractivity contribution < 1.29 is 8.78 Å². The lowest BCUT2D eigenvalue weighted by atomic mass is 10.3. The lowest BCUT2D eigenvalue weighted by Gasteiger charge is -1.88. The Balaban J connectivity index is 2.94. The fourth-order valence-electron chi connectivity index (χ4n) is 0.683. The van der Waals surface area contributed by atoms with Gasteiger partial charge in [-0.15, -0.1) is 17.8 Å². The summed E-state index contributed by atoms with van der Waals surface area (Å²) >= 11 is 6.53. The van der Waals surface area contributed by atoms with Gasteiger partial charge in [0.1, 0.15) is 0 Å². The highest BCUT2D eigenvalue weighted by molar-refractivity contribution is 7.13. The van der Waals surface area contributed by atoms with Gasteiger partial charge in [-0.1, -0.05) is 17.5 Å². The Hall–Kier alpha value is -0.590. The molecule has 0 amide bonds. The molecule has 0 aliphatic carbocycles. The van der Waals surface area contributed by atoms with E-state index in [1.807, 2.05) is 0 Å². The molecule has 0 nitrogen and oxygen atoms in total. The number of rotatable bonds is 2. The third-order valence-electron chi connectivity index (χ3n) is 1.16. The summed E-state index contributed by atoms with van der Waals surface area (Å²) in [6.07, 6.45) is 3.86. The van der Waals surface area contributed by atoms with Crippen LogP contribution in [0.15, 0.2) is 6.07 Å². The van der Waals surface area contributed by atoms with Gasteiger partial charge in [-0.05, 0) is 6.07 Å². The molecule has 1 heterocycles. The summed E-state index contributed by atoms with van der Waals surface area (Å²) in [6.45, 7) is 0. The first-order chi connectivity index (χ1) is 5.65. The Bertz CT molecular complexity index is 311. The van der Waals surface area contributed by atoms with Crippen LogP contribution in [0.25, 0.3) is 0 Å². The smallest absolute Gasteiger partial charge is 0.204 e. The minimum Gasteiger partial charge on any atom is -0.204 e. The van der Waals surface area contributed by atoms with Gasteiger partial charge in [0.2, 0.25) is 0 Å². The summed E-state index contributed by atoms with van der Waals surface area (Å²) < 4.78 is 24.2. The SMILES string of the molecule is C#C[CH]c1sc(C(F)F)cc1Cl. The molecular formula is C8H4ClF2S. The minimum absolute atomic E-state index is 0.0542. The highest BCUT2D eigenvalue weighted by atomic mass is 35.5. The van der Waals surface area contributed by atoms with E-state index in [0.29, 0.717) is 4.88 Å². The monoisotopic (exact) mass is 205 g/mol. The van der Waals surface area contributed by atoms with Gasteiger partial charge in [-0.2, -0.15) is 0 Å². The van der Waals surface area contributed by atoms with Crippen molar-refractivity contribution in [3.05, 3.63) is 27.3 Å². The lowest BCUT2D eigenvalue weighted by Crippen LogP contribution is -1.72. The maximum atomic E-state index is 12.1. The second kappa shape index (κ2) is 3.88. The van der Waals surface area contributed by atoms with E-state index in [1.165, 1.54) is 12.5 Å². The van der Waals surface area contributed by atoms with E-state index in [4.69, 9.17) is 18.0 Å². The van der Waals surface area contributed by atoms with E-state index in [9.17, 15) is 8.78 Å². The summed E-state index contributed by atoms with van der Waals surface area (Å²) in [5.74, 6) is 2.23. The predicted molar refractivity (Wildman–Crippen MR) is 46.5 cm³/mol. The maximum Gasteiger partial charge on any atom is 0.272 e. The van der Waals surface area contributed by atoms with Crippen LogP contribution in [0.4, 0.5) is 8.78 Å². The molecule has 1 radical (unpaired) electrons. The molecule has 0 unspecified atom stereocenters. The number of hydrogen-bond donors (Lipinski definition) is 0. The van der Waals surface area contributed by atoms with Gasteiger partial charge in [0, 0.05) is 4.88 Å². The molecule has 0 aliphatic rings. The normalized spacial score (nSPS) is 10.2. The molecule has 0 fully saturated rings. The first-order valence-electron chi connectivity index (χ1n) is 3.02. The van der Waals surface area contributed by atoms with Crippen molar-refractivity contribution in [2.45, 2.75) is 6.43 Å². The molecule has 4 heteroatoms. The van der Waals surface area contributed by atoms with Crippen molar-refractivity contribution in [2.24, 2.45) is 0 Å². The van der Waals surface area contributed by atoms with E-state index in [0.717, 1.165) is 11.3 Å². The highest BCUT2D eigenvalue weighted by Gasteiger charge is 2.13. The van der Waals surface area contributed by atoms with Gasteiger partial charge in [0.25, 0.3) is 6.43 Å². The van der Waals surface area contributed by atoms with Crippen LogP contribution in [-0.4, -0.2) is 0 Å². The van der Waals surface area contributed by atoms with Crippen molar-refractivity contribution in [3.8, 4) is 12.3 Å². The number of terminal acetylenes is 1. The molecule has 63 valence electrons. The topological polar surface area (TPSA) is 0 Å². The van der Waals surface area contributed by atoms with Crippen molar-refractivity contribution in [2.75, 3.05) is 0 Å². The first-order valence-corrected chi connectivity index (χ1v) is 4.21. The molecule has 0 aliphatic heterocycles. The van der Waals surface area contributed by atoms with Crippen molar-refractivity contribution >= 4 is 22.9 Å². The second-order valence-electron chi connectivity index (χ2n) is 1.97. The highest BCUT2D eigenvalue weighted by Crippen LogP contribution is 2.33. The average molecular weight is 206 g/mol. The van der Waals surface area contributed by atoms with Crippen molar-refractivity contribution in [1.29, 1.82) is 0 Å². The standard InChI is InChI=1S/C8H4ClF2S/c1-2-3-6-5(9)4-7(12-6)8(10)11/h1,3-4,8H. The summed E-state index contributed by atoms with van der Waals surface area (Å²) in [6, 6.07) is 1.24. The van der Waals surface area contributed by atoms with Gasteiger partial charge in [-0.3, -0.25) is 0 Å². The van der Waals surface area contributed by atoms with Crippen molar-refractivity contribution in [1.82, 2.24) is 0 Å². The van der Waals surface area contributed by atoms with E-state index in [2.05, 4.69) is 5.92 Å². The first kappa shape index (κ1) is 9.50. The van der Waals surface area contributed by atoms with Crippen LogP contribution in [0.5, 0.6) is 0 Å². The van der Waals surface area contributed by atoms with Gasteiger partial charge in [0.05, 0.1) is 16.3 Å². The second-order valence-corrected chi connectivity index (χ2v) is 3.50. The Morgan fingerprint density at radius 3 is 2.75 bits per heavy atom. The lowest BCUT2D eigenvalue weighted by molar-refractivity contribution is 0.155. The van der Waals surface area contributed by atoms with Crippen LogP contribution in [0.1, 0.15) is 16.2 Å². The van der Waals surface area contributed by atoms with Crippen molar-refractivity contribution in [3.63, 3.8) is 0 Å². The minimum atomic E-state index is -2.48. The molecule has 0 bridgehead atoms. The Labute approximate surface area is 78.2 Å². The molecule has 1 aromatic heterocycles. The molecular weight excluding hydrogens is 202 g/mol. The largest absolute Gasteiger partial charge is 0.272 e. The summed E-state index contributed by atoms with van der Waals surface area (Å²) in [4.78, 5) is 0.455. The quantitative estimate of drug-likeness (QED) is 0.648. The van der Waals surface area contributed by atoms with Crippen LogP contribution in [0.3, 0.4) is 0 Å². The third kappa shape index (κ3) is 1.96. The zero-order chi connectivity index (χ0) is 9.14. The van der Waals surface area contributed by atoms with Crippen LogP contribution >= 0.6 is 22.9 Å². The predicted octanol–water partition coefficient (Wildman–Crippen LogP) is 3.52. The van der Waals surface area contributed by atoms with Gasteiger partial charge in [-0.25, -0.2) is 8.78 Å². The Morgan fingerprint density at radius 2 is 2.33 bits per heavy atom. The molecule has 1 aromatic rings. The average Bonchev–Trinajstić information content (AvgIpc) is 2.34. The maximum absolute atomic E-state index is 12.1. The fourth-order valence-corrected chi connectivity index (χ4v) is 1.84. The summed E-state index contributed by atoms with van der Waals surface area (Å²) in [7, 11) is 0. The van der Waals surface area contributed by atoms with Crippen LogP contribution < -0.4 is 0 Å². The van der Waals surface area contributed by atoms with Gasteiger partial charge >= 0.3 is 0 Å². The van der Waals surface area contributed by atoms with Gasteiger partial charge in [0.15, 0.2) is 0 Å². The van der Waals surface area contributed by atoms with E-state index < -0.39 is 6.43 Å². The molecule has 12 heavy (non-hydrogen) atoms. The van der Waals surface area contributed by atoms with Crippen LogP contribution in [0.2, 0.25) is 5.02 Å². The van der Waals surface area contributed by atoms with E-state index in [1.54, 1.807) is 0 Å². The Kier molecular flexibility index (Phi) is 3.07. The van der Waals surface area contributed by atoms with Crippen LogP contribution in [-0.2, 0) is 0 Å². The zero-order valence-electron chi connectivity index (χ0n) is 5.85. The molecule has 1 rings (SSSR count). The summed E-state index contributed by atoms with van der Waals surface area (Å²) in [5.41, 5.74) is 0.